The zero-order chi connectivity index (χ0) is 27.8. The number of morpholine rings is 1. The summed E-state index contributed by atoms with van der Waals surface area (Å²) in [6.45, 7) is 9.69. The second-order valence-corrected chi connectivity index (χ2v) is 9.18. The predicted octanol–water partition coefficient (Wildman–Crippen LogP) is 2.22. The maximum absolute atomic E-state index is 13.3. The molecule has 0 spiro atoms. The van der Waals surface area contributed by atoms with Gasteiger partial charge in [-0.25, -0.2) is 9.78 Å². The number of imidazole rings is 1. The van der Waals surface area contributed by atoms with Crippen LogP contribution in [0.4, 0.5) is 5.95 Å². The van der Waals surface area contributed by atoms with Gasteiger partial charge in [-0.1, -0.05) is 12.2 Å². The van der Waals surface area contributed by atoms with Crippen molar-refractivity contribution in [3.05, 3.63) is 47.3 Å². The maximum Gasteiger partial charge on any atom is 0.338 e. The van der Waals surface area contributed by atoms with Crippen molar-refractivity contribution in [2.45, 2.75) is 33.4 Å². The number of nitrogens with one attached hydrogen (secondary N) is 1. The van der Waals surface area contributed by atoms with Crippen molar-refractivity contribution in [3.63, 3.8) is 0 Å². The van der Waals surface area contributed by atoms with Crippen LogP contribution >= 0.6 is 0 Å². The Morgan fingerprint density at radius 2 is 2.00 bits per heavy atom. The molecule has 0 bridgehead atoms. The Balaban J connectivity index is 1.67. The molecule has 3 aromatic rings. The Labute approximate surface area is 227 Å². The van der Waals surface area contributed by atoms with Gasteiger partial charge in [-0.15, -0.1) is 0 Å². The molecule has 0 aliphatic carbocycles. The Hall–Kier alpha value is -3.74. The van der Waals surface area contributed by atoms with Gasteiger partial charge in [-0.05, 0) is 38.5 Å². The predicted molar refractivity (Wildman–Crippen MR) is 147 cm³/mol. The van der Waals surface area contributed by atoms with E-state index >= 15 is 0 Å². The van der Waals surface area contributed by atoms with E-state index in [1.807, 2.05) is 30.6 Å². The first-order chi connectivity index (χ1) is 18.9. The number of rotatable bonds is 12. The number of nitrogens with two attached hydrogens (primary N) is 1. The monoisotopic (exact) mass is 539 g/mol. The van der Waals surface area contributed by atoms with E-state index in [9.17, 15) is 9.59 Å². The summed E-state index contributed by atoms with van der Waals surface area (Å²) in [5.41, 5.74) is 8.32. The minimum absolute atomic E-state index is 0.313. The van der Waals surface area contributed by atoms with Gasteiger partial charge in [0.05, 0.1) is 43.7 Å². The summed E-state index contributed by atoms with van der Waals surface area (Å²) in [7, 11) is 1.33. The molecule has 0 atom stereocenters. The van der Waals surface area contributed by atoms with Gasteiger partial charge in [0.1, 0.15) is 17.0 Å². The third kappa shape index (κ3) is 6.83. The lowest BCUT2D eigenvalue weighted by Gasteiger charge is -2.26. The number of aryl methyl sites for hydroxylation is 2. The van der Waals surface area contributed by atoms with Gasteiger partial charge in [0.15, 0.2) is 0 Å². The summed E-state index contributed by atoms with van der Waals surface area (Å²) >= 11 is 0. The van der Waals surface area contributed by atoms with E-state index in [0.717, 1.165) is 45.0 Å². The SMILES string of the molecule is CCn1nc(C)cc1C(=O)Nc1nc2cc(C(=O)OC)cc(OCCCN3CCOCC3)c2n1C/C=C/CN. The highest BCUT2D eigenvalue weighted by Gasteiger charge is 2.22. The third-order valence-corrected chi connectivity index (χ3v) is 6.46. The number of aromatic nitrogens is 4. The second-order valence-electron chi connectivity index (χ2n) is 9.18. The van der Waals surface area contributed by atoms with Crippen LogP contribution in [0.2, 0.25) is 0 Å². The number of fused-ring (bicyclic) bond motifs is 1. The van der Waals surface area contributed by atoms with Gasteiger partial charge in [-0.2, -0.15) is 5.10 Å². The number of benzene rings is 1. The molecule has 0 radical (unpaired) electrons. The normalized spacial score (nSPS) is 14.3. The minimum atomic E-state index is -0.499. The van der Waals surface area contributed by atoms with Crippen molar-refractivity contribution in [1.82, 2.24) is 24.2 Å². The lowest BCUT2D eigenvalue weighted by atomic mass is 10.2. The number of amides is 1. The second kappa shape index (κ2) is 13.4. The van der Waals surface area contributed by atoms with Crippen LogP contribution < -0.4 is 15.8 Å². The van der Waals surface area contributed by atoms with Crippen LogP contribution in [0.25, 0.3) is 11.0 Å². The molecule has 1 aromatic carbocycles. The number of nitrogens with zero attached hydrogens (tertiary/aromatic N) is 5. The van der Waals surface area contributed by atoms with Gasteiger partial charge < -0.3 is 24.5 Å². The average Bonchev–Trinajstić information content (AvgIpc) is 3.50. The number of ether oxygens (including phenoxy) is 3. The molecule has 1 amide bonds. The highest BCUT2D eigenvalue weighted by molar-refractivity contribution is 6.04. The molecule has 1 saturated heterocycles. The van der Waals surface area contributed by atoms with Crippen molar-refractivity contribution < 1.29 is 23.8 Å². The van der Waals surface area contributed by atoms with Crippen LogP contribution in [-0.4, -0.2) is 89.2 Å². The van der Waals surface area contributed by atoms with Crippen LogP contribution in [0.3, 0.4) is 0 Å². The van der Waals surface area contributed by atoms with Gasteiger partial charge in [0.2, 0.25) is 5.95 Å². The zero-order valence-electron chi connectivity index (χ0n) is 22.8. The van der Waals surface area contributed by atoms with Gasteiger partial charge in [0.25, 0.3) is 5.91 Å². The van der Waals surface area contributed by atoms with Crippen LogP contribution in [0, 0.1) is 6.92 Å². The fourth-order valence-corrected chi connectivity index (χ4v) is 4.56. The number of hydrogen-bond acceptors (Lipinski definition) is 9. The summed E-state index contributed by atoms with van der Waals surface area (Å²) in [4.78, 5) is 32.7. The molecule has 3 N–H and O–H groups in total. The van der Waals surface area contributed by atoms with Gasteiger partial charge in [-0.3, -0.25) is 19.7 Å². The Morgan fingerprint density at radius 1 is 1.21 bits per heavy atom. The topological polar surface area (TPSA) is 139 Å². The summed E-state index contributed by atoms with van der Waals surface area (Å²) in [5.74, 6) is -0.0321. The van der Waals surface area contributed by atoms with E-state index in [-0.39, 0.29) is 5.91 Å². The van der Waals surface area contributed by atoms with E-state index in [2.05, 4.69) is 20.3 Å². The molecule has 4 rings (SSSR count). The molecular formula is C27H37N7O5. The first kappa shape index (κ1) is 28.3. The average molecular weight is 540 g/mol. The van der Waals surface area contributed by atoms with E-state index in [4.69, 9.17) is 19.9 Å². The minimum Gasteiger partial charge on any atom is -0.491 e. The summed E-state index contributed by atoms with van der Waals surface area (Å²) in [6, 6.07) is 5.04. The molecule has 12 nitrogen and oxygen atoms in total. The van der Waals surface area contributed by atoms with Crippen LogP contribution in [0.5, 0.6) is 5.75 Å². The summed E-state index contributed by atoms with van der Waals surface area (Å²) < 4.78 is 20.1. The lowest BCUT2D eigenvalue weighted by molar-refractivity contribution is 0.0358. The Kier molecular flexibility index (Phi) is 9.69. The molecule has 2 aromatic heterocycles. The number of esters is 1. The molecule has 39 heavy (non-hydrogen) atoms. The maximum atomic E-state index is 13.3. The van der Waals surface area contributed by atoms with Gasteiger partial charge in [0, 0.05) is 39.3 Å². The van der Waals surface area contributed by atoms with Crippen molar-refractivity contribution in [2.24, 2.45) is 5.73 Å². The summed E-state index contributed by atoms with van der Waals surface area (Å²) in [5, 5.41) is 7.30. The molecule has 210 valence electrons. The van der Waals surface area contributed by atoms with Crippen LogP contribution in [-0.2, 0) is 22.6 Å². The number of methoxy groups -OCH3 is 1. The van der Waals surface area contributed by atoms with Crippen LogP contribution in [0.1, 0.15) is 39.9 Å². The molecule has 1 aliphatic heterocycles. The molecular weight excluding hydrogens is 502 g/mol. The smallest absolute Gasteiger partial charge is 0.338 e. The molecule has 1 fully saturated rings. The Morgan fingerprint density at radius 3 is 2.72 bits per heavy atom. The molecule has 0 unspecified atom stereocenters. The molecule has 1 aliphatic rings. The fourth-order valence-electron chi connectivity index (χ4n) is 4.56. The third-order valence-electron chi connectivity index (χ3n) is 6.46. The van der Waals surface area contributed by atoms with Gasteiger partial charge >= 0.3 is 5.97 Å². The van der Waals surface area contributed by atoms with Crippen molar-refractivity contribution >= 4 is 28.9 Å². The molecule has 0 saturated carbocycles. The van der Waals surface area contributed by atoms with E-state index in [1.54, 1.807) is 22.9 Å². The van der Waals surface area contributed by atoms with Crippen LogP contribution in [0.15, 0.2) is 30.4 Å². The van der Waals surface area contributed by atoms with E-state index in [1.165, 1.54) is 7.11 Å². The van der Waals surface area contributed by atoms with E-state index in [0.29, 0.717) is 60.2 Å². The Bertz CT molecular complexity index is 1320. The standard InChI is InChI=1S/C27H37N7O5/c1-4-34-22(16-19(2)31-34)25(35)30-27-29-21-17-20(26(36)37-3)18-23(24(21)33(27)10-6-5-8-28)39-13-7-9-32-11-14-38-15-12-32/h5-6,16-18H,4,7-15,28H2,1-3H3,(H,29,30,35)/b6-5+. The molecule has 12 heteroatoms. The first-order valence-corrected chi connectivity index (χ1v) is 13.2. The number of carbonyl (C=O) groups is 2. The largest absolute Gasteiger partial charge is 0.491 e. The summed E-state index contributed by atoms with van der Waals surface area (Å²) in [6.07, 6.45) is 4.53. The van der Waals surface area contributed by atoms with E-state index < -0.39 is 5.97 Å². The number of hydrogen-bond donors (Lipinski definition) is 2. The van der Waals surface area contributed by atoms with Crippen molar-refractivity contribution in [2.75, 3.05) is 58.4 Å². The number of allylic oxidation sites excluding steroid dienone is 1. The first-order valence-electron chi connectivity index (χ1n) is 13.2. The zero-order valence-corrected chi connectivity index (χ0v) is 22.8. The highest BCUT2D eigenvalue weighted by atomic mass is 16.5. The highest BCUT2D eigenvalue weighted by Crippen LogP contribution is 2.32. The fraction of sp³-hybridized carbons (Fsp3) is 0.481. The van der Waals surface area contributed by atoms with Crippen molar-refractivity contribution in [3.8, 4) is 5.75 Å². The quantitative estimate of drug-likeness (QED) is 0.201. The number of anilines is 1. The number of carbonyl (C=O) groups excluding carboxylic acids is 2. The van der Waals surface area contributed by atoms with Crippen molar-refractivity contribution in [1.29, 1.82) is 0 Å². The lowest BCUT2D eigenvalue weighted by Crippen LogP contribution is -2.37. The molecule has 3 heterocycles.